The van der Waals surface area contributed by atoms with Crippen LogP contribution >= 0.6 is 79.9 Å². The van der Waals surface area contributed by atoms with Gasteiger partial charge in [-0.05, 0) is 46.7 Å². The Morgan fingerprint density at radius 3 is 1.53 bits per heavy atom. The molecule has 0 aliphatic rings. The molecule has 0 aromatic heterocycles. The van der Waals surface area contributed by atoms with Crippen LogP contribution in [-0.4, -0.2) is 5.97 Å². The molecule has 2 nitrogen and oxygen atoms in total. The predicted molar refractivity (Wildman–Crippen MR) is 128 cm³/mol. The van der Waals surface area contributed by atoms with Gasteiger partial charge >= 0.3 is 5.97 Å². The lowest BCUT2D eigenvalue weighted by Crippen LogP contribution is -2.14. The summed E-state index contributed by atoms with van der Waals surface area (Å²) in [6.45, 7) is 1.69. The normalized spacial score (nSPS) is 12.0. The molecule has 0 saturated carbocycles. The van der Waals surface area contributed by atoms with Gasteiger partial charge in [0.15, 0.2) is 0 Å². The molecule has 0 bridgehead atoms. The highest BCUT2D eigenvalue weighted by molar-refractivity contribution is 8.30. The Labute approximate surface area is 206 Å². The van der Waals surface area contributed by atoms with Gasteiger partial charge in [0, 0.05) is 21.4 Å². The monoisotopic (exact) mass is 540 g/mol. The number of hydrogen-bond acceptors (Lipinski definition) is 2. The summed E-state index contributed by atoms with van der Waals surface area (Å²) in [4.78, 5) is 14.1. The standard InChI is InChI=1S/C21H14Cl6O2S/c1-2-19(28)29-30(14-6-4-3-5-7-14,20-15(24)8-12(22)9-16(20)25)21-17(26)10-13(23)11-18(21)27/h3-11H,2H2,1H3. The molecule has 0 heterocycles. The van der Waals surface area contributed by atoms with E-state index in [1.54, 1.807) is 19.1 Å². The second-order valence-corrected chi connectivity index (χ2v) is 11.1. The fourth-order valence-corrected chi connectivity index (χ4v) is 9.03. The Kier molecular flexibility index (Phi) is 7.79. The lowest BCUT2D eigenvalue weighted by atomic mass is 10.3. The van der Waals surface area contributed by atoms with Crippen LogP contribution in [0.5, 0.6) is 0 Å². The van der Waals surface area contributed by atoms with Crippen molar-refractivity contribution in [2.75, 3.05) is 0 Å². The zero-order chi connectivity index (χ0) is 22.1. The van der Waals surface area contributed by atoms with Crippen LogP contribution in [-0.2, 0) is 8.98 Å². The summed E-state index contributed by atoms with van der Waals surface area (Å²) < 4.78 is 6.17. The van der Waals surface area contributed by atoms with Crippen LogP contribution in [0.1, 0.15) is 13.3 Å². The van der Waals surface area contributed by atoms with Crippen molar-refractivity contribution < 1.29 is 8.98 Å². The average Bonchev–Trinajstić information content (AvgIpc) is 2.66. The molecule has 0 aliphatic carbocycles. The van der Waals surface area contributed by atoms with Crippen LogP contribution in [0.4, 0.5) is 0 Å². The van der Waals surface area contributed by atoms with E-state index in [4.69, 9.17) is 73.8 Å². The Morgan fingerprint density at radius 2 is 1.17 bits per heavy atom. The third-order valence-corrected chi connectivity index (χ3v) is 9.56. The number of rotatable bonds is 5. The minimum absolute atomic E-state index is 0.118. The smallest absolute Gasteiger partial charge is 0.316 e. The molecule has 30 heavy (non-hydrogen) atoms. The number of benzene rings is 3. The fraction of sp³-hybridized carbons (Fsp3) is 0.0952. The highest BCUT2D eigenvalue weighted by Crippen LogP contribution is 2.75. The Bertz CT molecular complexity index is 1000. The van der Waals surface area contributed by atoms with Gasteiger partial charge in [-0.3, -0.25) is 4.79 Å². The van der Waals surface area contributed by atoms with Gasteiger partial charge in [-0.1, -0.05) is 94.7 Å². The lowest BCUT2D eigenvalue weighted by Gasteiger charge is -2.41. The van der Waals surface area contributed by atoms with E-state index < -0.39 is 16.3 Å². The van der Waals surface area contributed by atoms with Gasteiger partial charge in [-0.15, -0.1) is 0 Å². The molecule has 3 aromatic carbocycles. The maximum Gasteiger partial charge on any atom is 0.316 e. The van der Waals surface area contributed by atoms with E-state index in [2.05, 4.69) is 0 Å². The summed E-state index contributed by atoms with van der Waals surface area (Å²) in [6, 6.07) is 15.2. The summed E-state index contributed by atoms with van der Waals surface area (Å²) in [5, 5.41) is 1.56. The molecule has 0 atom stereocenters. The van der Waals surface area contributed by atoms with Gasteiger partial charge in [-0.25, -0.2) is 0 Å². The van der Waals surface area contributed by atoms with Crippen LogP contribution in [0, 0.1) is 0 Å². The topological polar surface area (TPSA) is 26.3 Å². The SMILES string of the molecule is CCC(=O)OS(c1ccccc1)(c1c(Cl)cc(Cl)cc1Cl)c1c(Cl)cc(Cl)cc1Cl. The lowest BCUT2D eigenvalue weighted by molar-refractivity contribution is -0.133. The first-order valence-corrected chi connectivity index (χ1v) is 12.4. The maximum atomic E-state index is 12.7. The molecule has 158 valence electrons. The van der Waals surface area contributed by atoms with Crippen molar-refractivity contribution in [3.05, 3.63) is 84.7 Å². The maximum absolute atomic E-state index is 12.7. The van der Waals surface area contributed by atoms with Crippen LogP contribution in [0.2, 0.25) is 30.1 Å². The van der Waals surface area contributed by atoms with E-state index in [0.717, 1.165) is 0 Å². The summed E-state index contributed by atoms with van der Waals surface area (Å²) in [5.41, 5.74) is 0. The Balaban J connectivity index is 2.55. The molecule has 0 radical (unpaired) electrons. The Morgan fingerprint density at radius 1 is 0.767 bits per heavy atom. The first-order chi connectivity index (χ1) is 14.2. The van der Waals surface area contributed by atoms with E-state index >= 15 is 0 Å². The number of hydrogen-bond donors (Lipinski definition) is 0. The largest absolute Gasteiger partial charge is 0.402 e. The molecular weight excluding hydrogens is 529 g/mol. The zero-order valence-electron chi connectivity index (χ0n) is 15.4. The van der Waals surface area contributed by atoms with Gasteiger partial charge in [0.1, 0.15) is 0 Å². The first kappa shape index (κ1) is 23.9. The van der Waals surface area contributed by atoms with Crippen molar-refractivity contribution in [1.29, 1.82) is 0 Å². The highest BCUT2D eigenvalue weighted by atomic mass is 35.5. The van der Waals surface area contributed by atoms with Crippen LogP contribution in [0.25, 0.3) is 0 Å². The van der Waals surface area contributed by atoms with Crippen molar-refractivity contribution in [2.24, 2.45) is 0 Å². The van der Waals surface area contributed by atoms with Crippen molar-refractivity contribution in [3.63, 3.8) is 0 Å². The summed E-state index contributed by atoms with van der Waals surface area (Å²) >= 11 is 38.8. The van der Waals surface area contributed by atoms with Gasteiger partial charge in [-0.2, -0.15) is 0 Å². The summed E-state index contributed by atoms with van der Waals surface area (Å²) in [5.74, 6) is -0.474. The second-order valence-electron chi connectivity index (χ2n) is 6.08. The minimum Gasteiger partial charge on any atom is -0.402 e. The molecule has 3 rings (SSSR count). The third-order valence-electron chi connectivity index (χ3n) is 4.08. The second kappa shape index (κ2) is 9.79. The van der Waals surface area contributed by atoms with E-state index in [-0.39, 0.29) is 26.5 Å². The summed E-state index contributed by atoms with van der Waals surface area (Å²) in [6.07, 6.45) is 0.118. The van der Waals surface area contributed by atoms with Crippen LogP contribution in [0.15, 0.2) is 69.3 Å². The van der Waals surface area contributed by atoms with E-state index in [1.807, 2.05) is 18.2 Å². The third kappa shape index (κ3) is 4.54. The van der Waals surface area contributed by atoms with Gasteiger partial charge in [0.25, 0.3) is 0 Å². The van der Waals surface area contributed by atoms with E-state index in [9.17, 15) is 4.79 Å². The van der Waals surface area contributed by atoms with Crippen LogP contribution in [0.3, 0.4) is 0 Å². The zero-order valence-corrected chi connectivity index (χ0v) is 20.7. The van der Waals surface area contributed by atoms with Crippen molar-refractivity contribution in [1.82, 2.24) is 0 Å². The molecule has 0 N–H and O–H groups in total. The number of carbonyl (C=O) groups excluding carboxylic acids is 1. The van der Waals surface area contributed by atoms with Crippen LogP contribution < -0.4 is 0 Å². The van der Waals surface area contributed by atoms with Crippen molar-refractivity contribution in [2.45, 2.75) is 28.0 Å². The molecule has 9 heteroatoms. The Hall–Kier alpha value is -0.780. The molecule has 0 aliphatic heterocycles. The van der Waals surface area contributed by atoms with E-state index in [0.29, 0.717) is 24.7 Å². The molecule has 0 spiro atoms. The first-order valence-electron chi connectivity index (χ1n) is 8.60. The van der Waals surface area contributed by atoms with Crippen molar-refractivity contribution in [3.8, 4) is 0 Å². The average molecular weight is 543 g/mol. The molecule has 3 aromatic rings. The van der Waals surface area contributed by atoms with Gasteiger partial charge in [0.05, 0.1) is 29.9 Å². The van der Waals surface area contributed by atoms with E-state index in [1.165, 1.54) is 24.3 Å². The van der Waals surface area contributed by atoms with Crippen molar-refractivity contribution >= 4 is 85.9 Å². The fourth-order valence-electron chi connectivity index (χ4n) is 2.89. The predicted octanol–water partition coefficient (Wildman–Crippen LogP) is 9.76. The molecule has 0 unspecified atom stereocenters. The quantitative estimate of drug-likeness (QED) is 0.320. The molecular formula is C21H14Cl6O2S. The molecule has 0 amide bonds. The summed E-state index contributed by atoms with van der Waals surface area (Å²) in [7, 11) is -2.89. The molecule has 0 saturated heterocycles. The van der Waals surface area contributed by atoms with Gasteiger partial charge < -0.3 is 4.18 Å². The van der Waals surface area contributed by atoms with Gasteiger partial charge in [0.2, 0.25) is 0 Å². The number of carbonyl (C=O) groups is 1. The highest BCUT2D eigenvalue weighted by Gasteiger charge is 2.42. The molecule has 0 fully saturated rings. The minimum atomic E-state index is -2.89. The number of halogens is 6.